The average Bonchev–Trinajstić information content (AvgIpc) is 3.43. The number of guanidine groups is 1. The molecule has 1 N–H and O–H groups in total. The molecule has 3 fully saturated rings. The van der Waals surface area contributed by atoms with Crippen LogP contribution in [0.4, 0.5) is 0 Å². The summed E-state index contributed by atoms with van der Waals surface area (Å²) in [6.45, 7) is 7.59. The highest BCUT2D eigenvalue weighted by molar-refractivity contribution is 5.80. The highest BCUT2D eigenvalue weighted by Crippen LogP contribution is 2.47. The van der Waals surface area contributed by atoms with Gasteiger partial charge < -0.3 is 24.4 Å². The number of nitrogens with zero attached hydrogens (tertiary/aromatic N) is 2. The molecule has 152 valence electrons. The second-order valence-corrected chi connectivity index (χ2v) is 8.56. The maximum atomic E-state index is 6.11. The molecule has 5 atom stereocenters. The van der Waals surface area contributed by atoms with Crippen LogP contribution in [0, 0.1) is 11.8 Å². The normalized spacial score (nSPS) is 33.0. The van der Waals surface area contributed by atoms with Gasteiger partial charge in [0.25, 0.3) is 0 Å². The fraction of sp³-hybridized carbons (Fsp3) is 0.682. The van der Waals surface area contributed by atoms with Gasteiger partial charge in [0, 0.05) is 56.1 Å². The summed E-state index contributed by atoms with van der Waals surface area (Å²) < 4.78 is 18.0. The molecule has 5 unspecified atom stereocenters. The van der Waals surface area contributed by atoms with Crippen molar-refractivity contribution < 1.29 is 14.2 Å². The van der Waals surface area contributed by atoms with Gasteiger partial charge >= 0.3 is 0 Å². The standard InChI is InChI=1S/C22H31N3O3/c1-4-26-20-8-14-7-13(2)27-21(14)9-15(20)10-24-22(23-3)25-11-16-17(12-25)19-6-5-18(16)28-19/h8-9,13,16-19H,4-7,10-12H2,1-3H3,(H,23,24). The zero-order chi connectivity index (χ0) is 19.3. The molecule has 0 amide bonds. The zero-order valence-electron chi connectivity index (χ0n) is 17.1. The predicted octanol–water partition coefficient (Wildman–Crippen LogP) is 2.59. The second kappa shape index (κ2) is 7.14. The van der Waals surface area contributed by atoms with Gasteiger partial charge in [-0.05, 0) is 38.8 Å². The first kappa shape index (κ1) is 18.1. The Morgan fingerprint density at radius 2 is 2.00 bits per heavy atom. The van der Waals surface area contributed by atoms with E-state index in [2.05, 4.69) is 34.3 Å². The third kappa shape index (κ3) is 3.02. The minimum atomic E-state index is 0.238. The highest BCUT2D eigenvalue weighted by Gasteiger charge is 2.53. The lowest BCUT2D eigenvalue weighted by atomic mass is 9.82. The van der Waals surface area contributed by atoms with E-state index in [1.54, 1.807) is 0 Å². The molecule has 0 spiro atoms. The van der Waals surface area contributed by atoms with E-state index < -0.39 is 0 Å². The topological polar surface area (TPSA) is 55.3 Å². The van der Waals surface area contributed by atoms with Crippen LogP contribution in [0.3, 0.4) is 0 Å². The maximum absolute atomic E-state index is 6.11. The third-order valence-corrected chi connectivity index (χ3v) is 6.78. The summed E-state index contributed by atoms with van der Waals surface area (Å²) in [4.78, 5) is 6.97. The van der Waals surface area contributed by atoms with Gasteiger partial charge in [-0.15, -0.1) is 0 Å². The summed E-state index contributed by atoms with van der Waals surface area (Å²) in [7, 11) is 1.87. The fourth-order valence-corrected chi connectivity index (χ4v) is 5.55. The van der Waals surface area contributed by atoms with Gasteiger partial charge in [-0.2, -0.15) is 0 Å². The van der Waals surface area contributed by atoms with Crippen molar-refractivity contribution in [3.63, 3.8) is 0 Å². The second-order valence-electron chi connectivity index (χ2n) is 8.56. The van der Waals surface area contributed by atoms with Crippen LogP contribution in [0.1, 0.15) is 37.8 Å². The number of fused-ring (bicyclic) bond motifs is 6. The minimum Gasteiger partial charge on any atom is -0.494 e. The Morgan fingerprint density at radius 3 is 2.68 bits per heavy atom. The van der Waals surface area contributed by atoms with Crippen LogP contribution >= 0.6 is 0 Å². The molecule has 4 aliphatic rings. The van der Waals surface area contributed by atoms with Crippen LogP contribution in [0.5, 0.6) is 11.5 Å². The van der Waals surface area contributed by atoms with E-state index >= 15 is 0 Å². The van der Waals surface area contributed by atoms with Gasteiger partial charge in [0.05, 0.1) is 18.8 Å². The lowest BCUT2D eigenvalue weighted by Gasteiger charge is -2.24. The molecule has 0 aromatic heterocycles. The van der Waals surface area contributed by atoms with Crippen molar-refractivity contribution >= 4 is 5.96 Å². The average molecular weight is 386 g/mol. The zero-order valence-corrected chi connectivity index (χ0v) is 17.1. The van der Waals surface area contributed by atoms with Gasteiger partial charge in [0.15, 0.2) is 5.96 Å². The van der Waals surface area contributed by atoms with Crippen LogP contribution in [-0.2, 0) is 17.7 Å². The number of benzene rings is 1. The molecule has 4 heterocycles. The predicted molar refractivity (Wildman–Crippen MR) is 108 cm³/mol. The lowest BCUT2D eigenvalue weighted by Crippen LogP contribution is -2.41. The van der Waals surface area contributed by atoms with E-state index in [1.165, 1.54) is 18.4 Å². The molecule has 5 rings (SSSR count). The fourth-order valence-electron chi connectivity index (χ4n) is 5.55. The van der Waals surface area contributed by atoms with E-state index in [0.29, 0.717) is 37.2 Å². The molecule has 3 saturated heterocycles. The van der Waals surface area contributed by atoms with Crippen LogP contribution in [0.2, 0.25) is 0 Å². The number of hydrogen-bond donors (Lipinski definition) is 1. The summed E-state index contributed by atoms with van der Waals surface area (Å²) in [5.74, 6) is 4.27. The molecule has 6 nitrogen and oxygen atoms in total. The highest BCUT2D eigenvalue weighted by atomic mass is 16.5. The molecular weight excluding hydrogens is 354 g/mol. The molecule has 1 aromatic carbocycles. The first-order chi connectivity index (χ1) is 13.7. The Bertz CT molecular complexity index is 763. The Labute approximate surface area is 167 Å². The summed E-state index contributed by atoms with van der Waals surface area (Å²) in [6.07, 6.45) is 4.60. The number of ether oxygens (including phenoxy) is 3. The van der Waals surface area contributed by atoms with Crippen molar-refractivity contribution in [2.45, 2.75) is 58.0 Å². The van der Waals surface area contributed by atoms with Crippen LogP contribution < -0.4 is 14.8 Å². The van der Waals surface area contributed by atoms with Crippen LogP contribution in [-0.4, -0.2) is 55.9 Å². The quantitative estimate of drug-likeness (QED) is 0.638. The lowest BCUT2D eigenvalue weighted by molar-refractivity contribution is 0.0767. The summed E-state index contributed by atoms with van der Waals surface area (Å²) in [5, 5.41) is 3.57. The number of rotatable bonds is 4. The van der Waals surface area contributed by atoms with Gasteiger partial charge in [-0.3, -0.25) is 4.99 Å². The molecular formula is C22H31N3O3. The van der Waals surface area contributed by atoms with E-state index in [4.69, 9.17) is 14.2 Å². The molecule has 0 radical (unpaired) electrons. The number of aliphatic imine (C=N–C) groups is 1. The van der Waals surface area contributed by atoms with E-state index in [9.17, 15) is 0 Å². The first-order valence-corrected chi connectivity index (χ1v) is 10.7. The third-order valence-electron chi connectivity index (χ3n) is 6.78. The summed E-state index contributed by atoms with van der Waals surface area (Å²) in [5.41, 5.74) is 2.37. The van der Waals surface area contributed by atoms with E-state index in [-0.39, 0.29) is 6.10 Å². The minimum absolute atomic E-state index is 0.238. The largest absolute Gasteiger partial charge is 0.494 e. The van der Waals surface area contributed by atoms with Crippen molar-refractivity contribution in [2.75, 3.05) is 26.7 Å². The number of hydrogen-bond acceptors (Lipinski definition) is 4. The van der Waals surface area contributed by atoms with Gasteiger partial charge in [-0.25, -0.2) is 0 Å². The molecule has 1 aromatic rings. The Morgan fingerprint density at radius 1 is 1.25 bits per heavy atom. The smallest absolute Gasteiger partial charge is 0.193 e. The van der Waals surface area contributed by atoms with Crippen molar-refractivity contribution in [3.8, 4) is 11.5 Å². The van der Waals surface area contributed by atoms with Crippen molar-refractivity contribution in [3.05, 3.63) is 23.3 Å². The maximum Gasteiger partial charge on any atom is 0.193 e. The van der Waals surface area contributed by atoms with Gasteiger partial charge in [0.2, 0.25) is 0 Å². The Balaban J connectivity index is 1.28. The Kier molecular flexibility index (Phi) is 4.62. The SMILES string of the molecule is CCOc1cc2c(cc1CNC(=NC)N1CC3C4CCC(O4)C3C1)OC(C)C2. The monoisotopic (exact) mass is 385 g/mol. The van der Waals surface area contributed by atoms with Crippen molar-refractivity contribution in [1.82, 2.24) is 10.2 Å². The summed E-state index contributed by atoms with van der Waals surface area (Å²) in [6, 6.07) is 4.29. The van der Waals surface area contributed by atoms with Crippen molar-refractivity contribution in [2.24, 2.45) is 16.8 Å². The number of nitrogens with one attached hydrogen (secondary N) is 1. The van der Waals surface area contributed by atoms with Gasteiger partial charge in [0.1, 0.15) is 17.6 Å². The first-order valence-electron chi connectivity index (χ1n) is 10.7. The van der Waals surface area contributed by atoms with E-state index in [0.717, 1.165) is 42.5 Å². The molecule has 2 bridgehead atoms. The molecule has 4 aliphatic heterocycles. The molecule has 6 heteroatoms. The molecule has 0 aliphatic carbocycles. The Hall–Kier alpha value is -1.95. The summed E-state index contributed by atoms with van der Waals surface area (Å²) >= 11 is 0. The van der Waals surface area contributed by atoms with Crippen LogP contribution in [0.25, 0.3) is 0 Å². The molecule has 0 saturated carbocycles. The van der Waals surface area contributed by atoms with Crippen molar-refractivity contribution in [1.29, 1.82) is 0 Å². The van der Waals surface area contributed by atoms with Crippen LogP contribution in [0.15, 0.2) is 17.1 Å². The molecule has 28 heavy (non-hydrogen) atoms. The van der Waals surface area contributed by atoms with E-state index in [1.807, 2.05) is 14.0 Å². The number of likely N-dealkylation sites (tertiary alicyclic amines) is 1. The van der Waals surface area contributed by atoms with Gasteiger partial charge in [-0.1, -0.05) is 0 Å².